The van der Waals surface area contributed by atoms with Crippen molar-refractivity contribution in [1.29, 1.82) is 0 Å². The molecule has 0 aromatic heterocycles. The van der Waals surface area contributed by atoms with Gasteiger partial charge in [0.2, 0.25) is 5.91 Å². The fourth-order valence-electron chi connectivity index (χ4n) is 1.53. The molecule has 0 aromatic rings. The van der Waals surface area contributed by atoms with E-state index in [4.69, 9.17) is 5.11 Å². The van der Waals surface area contributed by atoms with Crippen LogP contribution in [0.5, 0.6) is 0 Å². The van der Waals surface area contributed by atoms with E-state index >= 15 is 0 Å². The second-order valence-corrected chi connectivity index (χ2v) is 3.95. The van der Waals surface area contributed by atoms with Gasteiger partial charge < -0.3 is 9.84 Å². The maximum absolute atomic E-state index is 11.7. The predicted molar refractivity (Wildman–Crippen MR) is 56.9 cm³/mol. The van der Waals surface area contributed by atoms with Gasteiger partial charge in [-0.25, -0.2) is 9.69 Å². The number of cyclic esters (lactones) is 1. The Kier molecular flexibility index (Phi) is 4.70. The summed E-state index contributed by atoms with van der Waals surface area (Å²) in [5.74, 6) is -0.273. The van der Waals surface area contributed by atoms with Crippen LogP contribution in [0.3, 0.4) is 0 Å². The number of aliphatic hydroxyl groups is 1. The molecule has 0 aliphatic carbocycles. The van der Waals surface area contributed by atoms with Gasteiger partial charge in [0.05, 0.1) is 19.7 Å². The molecule has 0 atom stereocenters. The predicted octanol–water partition coefficient (Wildman–Crippen LogP) is -0.332. The van der Waals surface area contributed by atoms with Crippen LogP contribution >= 0.6 is 0 Å². The van der Waals surface area contributed by atoms with Gasteiger partial charge in [-0.3, -0.25) is 9.69 Å². The molecule has 1 rings (SSSR count). The largest absolute Gasteiger partial charge is 0.447 e. The van der Waals surface area contributed by atoms with E-state index in [1.807, 2.05) is 18.7 Å². The van der Waals surface area contributed by atoms with Crippen LogP contribution in [0.4, 0.5) is 4.79 Å². The SMILES string of the molecule is CC(C)N(CCO)CC(=O)N1CCOC1=O. The first-order valence-electron chi connectivity index (χ1n) is 5.38. The van der Waals surface area contributed by atoms with E-state index in [1.54, 1.807) is 0 Å². The number of hydrogen-bond donors (Lipinski definition) is 1. The molecule has 1 aliphatic heterocycles. The highest BCUT2D eigenvalue weighted by Gasteiger charge is 2.29. The smallest absolute Gasteiger partial charge is 0.416 e. The number of nitrogens with zero attached hydrogens (tertiary/aromatic N) is 2. The Labute approximate surface area is 94.8 Å². The minimum absolute atomic E-state index is 0.00406. The average Bonchev–Trinajstić information content (AvgIpc) is 2.63. The number of carbonyl (C=O) groups excluding carboxylic acids is 2. The number of amides is 2. The van der Waals surface area contributed by atoms with E-state index in [0.717, 1.165) is 4.90 Å². The summed E-state index contributed by atoms with van der Waals surface area (Å²) in [6.07, 6.45) is -0.572. The minimum atomic E-state index is -0.572. The number of carbonyl (C=O) groups is 2. The lowest BCUT2D eigenvalue weighted by atomic mass is 10.3. The summed E-state index contributed by atoms with van der Waals surface area (Å²) in [7, 11) is 0. The van der Waals surface area contributed by atoms with Crippen LogP contribution in [0, 0.1) is 0 Å². The summed E-state index contributed by atoms with van der Waals surface area (Å²) in [6, 6.07) is 0.148. The topological polar surface area (TPSA) is 70.1 Å². The average molecular weight is 230 g/mol. The number of aliphatic hydroxyl groups excluding tert-OH is 1. The van der Waals surface area contributed by atoms with Crippen molar-refractivity contribution in [2.75, 3.05) is 32.8 Å². The van der Waals surface area contributed by atoms with Gasteiger partial charge in [-0.2, -0.15) is 0 Å². The highest BCUT2D eigenvalue weighted by Crippen LogP contribution is 2.06. The Morgan fingerprint density at radius 1 is 1.62 bits per heavy atom. The van der Waals surface area contributed by atoms with Crippen molar-refractivity contribution < 1.29 is 19.4 Å². The maximum Gasteiger partial charge on any atom is 0.416 e. The summed E-state index contributed by atoms with van der Waals surface area (Å²) in [4.78, 5) is 25.8. The number of ether oxygens (including phenoxy) is 1. The molecule has 0 aromatic carbocycles. The summed E-state index contributed by atoms with van der Waals surface area (Å²) < 4.78 is 4.69. The van der Waals surface area contributed by atoms with E-state index in [0.29, 0.717) is 13.1 Å². The normalized spacial score (nSPS) is 16.1. The Morgan fingerprint density at radius 2 is 2.31 bits per heavy atom. The van der Waals surface area contributed by atoms with Crippen LogP contribution in [0.15, 0.2) is 0 Å². The maximum atomic E-state index is 11.7. The third-order valence-electron chi connectivity index (χ3n) is 2.52. The van der Waals surface area contributed by atoms with Crippen molar-refractivity contribution in [2.45, 2.75) is 19.9 Å². The zero-order chi connectivity index (χ0) is 12.1. The quantitative estimate of drug-likeness (QED) is 0.700. The summed E-state index contributed by atoms with van der Waals surface area (Å²) in [6.45, 7) is 5.01. The van der Waals surface area contributed by atoms with E-state index in [9.17, 15) is 9.59 Å². The Morgan fingerprint density at radius 3 is 2.75 bits per heavy atom. The fraction of sp³-hybridized carbons (Fsp3) is 0.800. The Hall–Kier alpha value is -1.14. The number of rotatable bonds is 5. The molecule has 6 nitrogen and oxygen atoms in total. The van der Waals surface area contributed by atoms with Crippen LogP contribution < -0.4 is 0 Å². The molecule has 92 valence electrons. The molecular formula is C10H18N2O4. The molecule has 0 unspecified atom stereocenters. The van der Waals surface area contributed by atoms with E-state index in [-0.39, 0.29) is 31.7 Å². The van der Waals surface area contributed by atoms with E-state index in [1.165, 1.54) is 0 Å². The van der Waals surface area contributed by atoms with Crippen molar-refractivity contribution in [3.63, 3.8) is 0 Å². The van der Waals surface area contributed by atoms with Crippen LogP contribution in [-0.2, 0) is 9.53 Å². The van der Waals surface area contributed by atoms with Gasteiger partial charge in [-0.1, -0.05) is 0 Å². The lowest BCUT2D eigenvalue weighted by molar-refractivity contribution is -0.129. The molecular weight excluding hydrogens is 212 g/mol. The molecule has 1 N–H and O–H groups in total. The summed E-state index contributed by atoms with van der Waals surface area (Å²) >= 11 is 0. The lowest BCUT2D eigenvalue weighted by Gasteiger charge is -2.25. The van der Waals surface area contributed by atoms with Crippen LogP contribution in [0.2, 0.25) is 0 Å². The lowest BCUT2D eigenvalue weighted by Crippen LogP contribution is -2.44. The number of hydrogen-bond acceptors (Lipinski definition) is 5. The molecule has 1 heterocycles. The molecule has 0 bridgehead atoms. The Bertz CT molecular complexity index is 268. The molecule has 6 heteroatoms. The van der Waals surface area contributed by atoms with Gasteiger partial charge in [0, 0.05) is 12.6 Å². The van der Waals surface area contributed by atoms with Gasteiger partial charge in [0.1, 0.15) is 6.61 Å². The van der Waals surface area contributed by atoms with Crippen molar-refractivity contribution in [1.82, 2.24) is 9.80 Å². The van der Waals surface area contributed by atoms with Crippen molar-refractivity contribution in [2.24, 2.45) is 0 Å². The highest BCUT2D eigenvalue weighted by atomic mass is 16.6. The van der Waals surface area contributed by atoms with E-state index in [2.05, 4.69) is 4.74 Å². The second-order valence-electron chi connectivity index (χ2n) is 3.95. The van der Waals surface area contributed by atoms with Crippen LogP contribution in [0.25, 0.3) is 0 Å². The van der Waals surface area contributed by atoms with E-state index < -0.39 is 6.09 Å². The molecule has 1 fully saturated rings. The second kappa shape index (κ2) is 5.81. The zero-order valence-electron chi connectivity index (χ0n) is 9.68. The molecule has 0 spiro atoms. The molecule has 16 heavy (non-hydrogen) atoms. The van der Waals surface area contributed by atoms with Gasteiger partial charge in [-0.05, 0) is 13.8 Å². The third-order valence-corrected chi connectivity index (χ3v) is 2.52. The van der Waals surface area contributed by atoms with Crippen molar-refractivity contribution in [3.05, 3.63) is 0 Å². The number of imide groups is 1. The molecule has 0 saturated carbocycles. The first kappa shape index (κ1) is 12.9. The van der Waals surface area contributed by atoms with Gasteiger partial charge in [0.15, 0.2) is 0 Å². The van der Waals surface area contributed by atoms with Gasteiger partial charge >= 0.3 is 6.09 Å². The summed E-state index contributed by atoms with van der Waals surface area (Å²) in [5.41, 5.74) is 0. The monoisotopic (exact) mass is 230 g/mol. The standard InChI is InChI=1S/C10H18N2O4/c1-8(2)11(3-5-13)7-9(14)12-4-6-16-10(12)15/h8,13H,3-7H2,1-2H3. The first-order chi connectivity index (χ1) is 7.56. The minimum Gasteiger partial charge on any atom is -0.447 e. The molecule has 0 radical (unpaired) electrons. The van der Waals surface area contributed by atoms with Crippen LogP contribution in [0.1, 0.15) is 13.8 Å². The van der Waals surface area contributed by atoms with Crippen molar-refractivity contribution in [3.8, 4) is 0 Å². The zero-order valence-corrected chi connectivity index (χ0v) is 9.68. The fourth-order valence-corrected chi connectivity index (χ4v) is 1.53. The Balaban J connectivity index is 2.50. The van der Waals surface area contributed by atoms with Crippen LogP contribution in [-0.4, -0.2) is 65.8 Å². The first-order valence-corrected chi connectivity index (χ1v) is 5.38. The van der Waals surface area contributed by atoms with Gasteiger partial charge in [-0.15, -0.1) is 0 Å². The molecule has 1 saturated heterocycles. The van der Waals surface area contributed by atoms with Gasteiger partial charge in [0.25, 0.3) is 0 Å². The third kappa shape index (κ3) is 3.18. The molecule has 2 amide bonds. The van der Waals surface area contributed by atoms with Crippen molar-refractivity contribution >= 4 is 12.0 Å². The molecule has 1 aliphatic rings. The summed E-state index contributed by atoms with van der Waals surface area (Å²) in [5, 5.41) is 8.86. The highest BCUT2D eigenvalue weighted by molar-refractivity contribution is 5.94.